The molecule has 0 aliphatic heterocycles. The van der Waals surface area contributed by atoms with Crippen LogP contribution in [0.3, 0.4) is 0 Å². The third-order valence-corrected chi connectivity index (χ3v) is 4.41. The van der Waals surface area contributed by atoms with Crippen molar-refractivity contribution in [2.24, 2.45) is 4.99 Å². The molecule has 0 bridgehead atoms. The lowest BCUT2D eigenvalue weighted by molar-refractivity contribution is 0.354. The number of rotatable bonds is 7. The maximum absolute atomic E-state index is 12.2. The number of ether oxygens (including phenoxy) is 2. The molecule has 4 N–H and O–H groups in total. The van der Waals surface area contributed by atoms with Crippen molar-refractivity contribution in [1.82, 2.24) is 19.5 Å². The number of H-pyrrole nitrogens is 3. The van der Waals surface area contributed by atoms with Crippen LogP contribution in [0.2, 0.25) is 0 Å². The second-order valence-corrected chi connectivity index (χ2v) is 6.30. The van der Waals surface area contributed by atoms with Gasteiger partial charge in [-0.1, -0.05) is 6.07 Å². The molecule has 1 aromatic carbocycles. The van der Waals surface area contributed by atoms with Gasteiger partial charge in [0.25, 0.3) is 11.1 Å². The highest BCUT2D eigenvalue weighted by Crippen LogP contribution is 2.27. The lowest BCUT2D eigenvalue weighted by Crippen LogP contribution is -2.32. The molecule has 2 heterocycles. The van der Waals surface area contributed by atoms with E-state index in [-0.39, 0.29) is 17.8 Å². The predicted octanol–water partition coefficient (Wildman–Crippen LogP) is -0.371. The molecule has 0 saturated heterocycles. The molecule has 12 heteroatoms. The van der Waals surface area contributed by atoms with Gasteiger partial charge in [0.2, 0.25) is 5.88 Å². The van der Waals surface area contributed by atoms with Gasteiger partial charge in [-0.05, 0) is 24.1 Å². The molecule has 0 amide bonds. The molecular formula is C19H19N5O7. The molecule has 12 nitrogen and oxygen atoms in total. The lowest BCUT2D eigenvalue weighted by atomic mass is 10.1. The number of benzene rings is 1. The summed E-state index contributed by atoms with van der Waals surface area (Å²) in [7, 11) is 3.01. The highest BCUT2D eigenvalue weighted by atomic mass is 16.5. The van der Waals surface area contributed by atoms with Gasteiger partial charge >= 0.3 is 11.4 Å². The van der Waals surface area contributed by atoms with Crippen LogP contribution in [0.1, 0.15) is 11.1 Å². The van der Waals surface area contributed by atoms with E-state index in [1.807, 2.05) is 4.98 Å². The van der Waals surface area contributed by atoms with Gasteiger partial charge in [-0.25, -0.2) is 14.6 Å². The molecule has 0 atom stereocenters. The summed E-state index contributed by atoms with van der Waals surface area (Å²) in [6, 6.07) is 5.22. The number of aromatic hydroxyl groups is 1. The van der Waals surface area contributed by atoms with E-state index in [1.165, 1.54) is 14.2 Å². The fraction of sp³-hybridized carbons (Fsp3) is 0.211. The summed E-state index contributed by atoms with van der Waals surface area (Å²) in [5.74, 6) is 0.446. The first-order chi connectivity index (χ1) is 14.8. The highest BCUT2D eigenvalue weighted by molar-refractivity contribution is 5.83. The third kappa shape index (κ3) is 4.63. The van der Waals surface area contributed by atoms with Gasteiger partial charge in [-0.2, -0.15) is 0 Å². The van der Waals surface area contributed by atoms with E-state index < -0.39 is 28.4 Å². The number of methoxy groups -OCH3 is 2. The predicted molar refractivity (Wildman–Crippen MR) is 111 cm³/mol. The molecule has 162 valence electrons. The number of aromatic nitrogens is 4. The van der Waals surface area contributed by atoms with Crippen LogP contribution in [0.15, 0.2) is 48.6 Å². The Hall–Kier alpha value is -4.35. The molecule has 0 spiro atoms. The van der Waals surface area contributed by atoms with E-state index in [4.69, 9.17) is 9.47 Å². The Morgan fingerprint density at radius 1 is 1.06 bits per heavy atom. The van der Waals surface area contributed by atoms with Crippen LogP contribution in [0.4, 0.5) is 5.69 Å². The minimum atomic E-state index is -0.880. The fourth-order valence-corrected chi connectivity index (χ4v) is 2.81. The highest BCUT2D eigenvalue weighted by Gasteiger charge is 2.13. The Labute approximate surface area is 173 Å². The first-order valence-corrected chi connectivity index (χ1v) is 8.97. The number of hydrogen-bond acceptors (Lipinski definition) is 8. The monoisotopic (exact) mass is 429 g/mol. The first kappa shape index (κ1) is 21.4. The Bertz CT molecular complexity index is 1360. The van der Waals surface area contributed by atoms with Gasteiger partial charge in [0, 0.05) is 19.0 Å². The van der Waals surface area contributed by atoms with Crippen molar-refractivity contribution in [2.45, 2.75) is 13.0 Å². The summed E-state index contributed by atoms with van der Waals surface area (Å²) < 4.78 is 11.4. The molecule has 31 heavy (non-hydrogen) atoms. The number of nitrogens with zero attached hydrogens (tertiary/aromatic N) is 2. The normalized spacial score (nSPS) is 11.0. The summed E-state index contributed by atoms with van der Waals surface area (Å²) in [5.41, 5.74) is -2.90. The quantitative estimate of drug-likeness (QED) is 0.371. The summed E-state index contributed by atoms with van der Waals surface area (Å²) in [6.45, 7) is 0.0387. The van der Waals surface area contributed by atoms with Crippen molar-refractivity contribution < 1.29 is 14.6 Å². The first-order valence-electron chi connectivity index (χ1n) is 8.97. The van der Waals surface area contributed by atoms with Crippen LogP contribution < -0.4 is 32.0 Å². The van der Waals surface area contributed by atoms with Crippen LogP contribution in [0.25, 0.3) is 0 Å². The van der Waals surface area contributed by atoms with Gasteiger partial charge in [-0.3, -0.25) is 24.1 Å². The van der Waals surface area contributed by atoms with Crippen LogP contribution in [-0.2, 0) is 13.0 Å². The average Bonchev–Trinajstić information content (AvgIpc) is 2.74. The zero-order chi connectivity index (χ0) is 22.5. The zero-order valence-electron chi connectivity index (χ0n) is 16.6. The van der Waals surface area contributed by atoms with Crippen molar-refractivity contribution >= 4 is 11.9 Å². The second-order valence-electron chi connectivity index (χ2n) is 6.30. The number of aliphatic imine (C=N–C) groups is 1. The Morgan fingerprint density at radius 2 is 1.81 bits per heavy atom. The molecular weight excluding hydrogens is 410 g/mol. The van der Waals surface area contributed by atoms with E-state index in [1.54, 1.807) is 18.2 Å². The fourth-order valence-electron chi connectivity index (χ4n) is 2.81. The maximum Gasteiger partial charge on any atom is 0.331 e. The maximum atomic E-state index is 12.2. The van der Waals surface area contributed by atoms with Gasteiger partial charge in [0.05, 0.1) is 14.2 Å². The molecule has 0 fully saturated rings. The summed E-state index contributed by atoms with van der Waals surface area (Å²) in [6.07, 6.45) is 2.31. The number of hydrogen-bond donors (Lipinski definition) is 4. The smallest absolute Gasteiger partial charge is 0.331 e. The minimum Gasteiger partial charge on any atom is -0.494 e. The third-order valence-electron chi connectivity index (χ3n) is 4.41. The molecule has 0 aliphatic carbocycles. The lowest BCUT2D eigenvalue weighted by Gasteiger charge is -2.12. The molecule has 3 aromatic rings. The Balaban J connectivity index is 1.91. The van der Waals surface area contributed by atoms with E-state index in [2.05, 4.69) is 15.0 Å². The topological polar surface area (TPSA) is 172 Å². The van der Waals surface area contributed by atoms with Crippen molar-refractivity contribution in [3.63, 3.8) is 0 Å². The van der Waals surface area contributed by atoms with Crippen LogP contribution in [0.5, 0.6) is 17.4 Å². The molecule has 0 aliphatic rings. The van der Waals surface area contributed by atoms with Gasteiger partial charge in [0.1, 0.15) is 11.3 Å². The Kier molecular flexibility index (Phi) is 6.19. The van der Waals surface area contributed by atoms with Crippen LogP contribution in [0, 0.1) is 0 Å². The number of nitrogens with one attached hydrogen (secondary N) is 3. The Morgan fingerprint density at radius 3 is 2.48 bits per heavy atom. The summed E-state index contributed by atoms with van der Waals surface area (Å²) >= 11 is 0. The summed E-state index contributed by atoms with van der Waals surface area (Å²) in [4.78, 5) is 57.2. The van der Waals surface area contributed by atoms with Crippen LogP contribution >= 0.6 is 0 Å². The molecule has 0 saturated carbocycles. The van der Waals surface area contributed by atoms with E-state index >= 15 is 0 Å². The van der Waals surface area contributed by atoms with E-state index in [0.29, 0.717) is 17.9 Å². The minimum absolute atomic E-state index is 0.0387. The van der Waals surface area contributed by atoms with Crippen molar-refractivity contribution in [1.29, 1.82) is 0 Å². The second kappa shape index (κ2) is 8.98. The van der Waals surface area contributed by atoms with Gasteiger partial charge in [-0.15, -0.1) is 0 Å². The molecule has 0 radical (unpaired) electrons. The molecule has 3 rings (SSSR count). The largest absolute Gasteiger partial charge is 0.494 e. The van der Waals surface area contributed by atoms with E-state index in [9.17, 15) is 24.3 Å². The van der Waals surface area contributed by atoms with Crippen molar-refractivity contribution in [2.75, 3.05) is 14.2 Å². The zero-order valence-corrected chi connectivity index (χ0v) is 16.6. The SMILES string of the molecule is COc1ccc(CCn2c(O)c(C=Nc3c[nH]c(=O)[nH]c3=O)c(=O)[nH]c2=O)cc1OC. The van der Waals surface area contributed by atoms with Gasteiger partial charge < -0.3 is 19.6 Å². The average molecular weight is 429 g/mol. The molecule has 0 unspecified atom stereocenters. The standard InChI is InChI=1S/C19H19N5O7/c1-30-13-4-3-10(7-14(13)31-2)5-6-24-17(27)11(15(25)23-19(24)29)8-20-12-9-21-18(28)22-16(12)26/h3-4,7-9,27H,5-6H2,1-2H3,(H,23,25,29)(H2,21,22,26,28). The van der Waals surface area contributed by atoms with Gasteiger partial charge in [0.15, 0.2) is 11.5 Å². The van der Waals surface area contributed by atoms with E-state index in [0.717, 1.165) is 22.5 Å². The van der Waals surface area contributed by atoms with Crippen molar-refractivity contribution in [3.05, 3.63) is 77.2 Å². The molecule has 2 aromatic heterocycles. The van der Waals surface area contributed by atoms with Crippen LogP contribution in [-0.4, -0.2) is 45.1 Å². The van der Waals surface area contributed by atoms with Crippen molar-refractivity contribution in [3.8, 4) is 17.4 Å². The number of aromatic amines is 3. The number of aryl methyl sites for hydroxylation is 1. The summed E-state index contributed by atoms with van der Waals surface area (Å²) in [5, 5.41) is 10.5.